The second kappa shape index (κ2) is 7.12. The predicted octanol–water partition coefficient (Wildman–Crippen LogP) is 3.33. The standard InChI is InChI=1S/C19H17ClN4O3S/c1-28-18-22-17-21-15(12-7-9-13(20)10-8-12)14(11-5-3-2-4-6-11)19(27,16(25)26)24(17)23-18/h2-10,14-15,27H,1H3,(H,25,26)(H,21,22,23)/t14-,15-,19+/m1/s1. The van der Waals surface area contributed by atoms with Gasteiger partial charge >= 0.3 is 5.97 Å². The van der Waals surface area contributed by atoms with Crippen LogP contribution in [0.4, 0.5) is 5.95 Å². The van der Waals surface area contributed by atoms with Crippen molar-refractivity contribution < 1.29 is 15.0 Å². The predicted molar refractivity (Wildman–Crippen MR) is 107 cm³/mol. The fourth-order valence-electron chi connectivity index (χ4n) is 3.55. The number of fused-ring (bicyclic) bond motifs is 1. The van der Waals surface area contributed by atoms with Crippen LogP contribution < -0.4 is 5.32 Å². The van der Waals surface area contributed by atoms with Crippen molar-refractivity contribution in [3.8, 4) is 0 Å². The SMILES string of the molecule is CSc1nc2n(n1)[C@@](O)(C(=O)O)[C@H](c1ccccc1)[C@@H](c1ccc(Cl)cc1)N2. The molecule has 0 unspecified atom stereocenters. The number of nitrogens with one attached hydrogen (secondary N) is 1. The van der Waals surface area contributed by atoms with Crippen molar-refractivity contribution >= 4 is 35.3 Å². The molecule has 1 aliphatic heterocycles. The summed E-state index contributed by atoms with van der Waals surface area (Å²) in [5.74, 6) is -2.07. The lowest BCUT2D eigenvalue weighted by atomic mass is 9.78. The number of aromatic nitrogens is 3. The van der Waals surface area contributed by atoms with Gasteiger partial charge in [0.1, 0.15) is 0 Å². The molecule has 3 N–H and O–H groups in total. The van der Waals surface area contributed by atoms with Gasteiger partial charge in [0.15, 0.2) is 0 Å². The summed E-state index contributed by atoms with van der Waals surface area (Å²) in [5.41, 5.74) is -0.891. The Kier molecular flexibility index (Phi) is 4.78. The quantitative estimate of drug-likeness (QED) is 0.561. The number of anilines is 1. The van der Waals surface area contributed by atoms with Crippen LogP contribution in [0, 0.1) is 0 Å². The van der Waals surface area contributed by atoms with E-state index in [0.29, 0.717) is 15.7 Å². The molecule has 2 heterocycles. The first kappa shape index (κ1) is 18.8. The van der Waals surface area contributed by atoms with Crippen LogP contribution >= 0.6 is 23.4 Å². The second-order valence-electron chi connectivity index (χ2n) is 6.43. The summed E-state index contributed by atoms with van der Waals surface area (Å²) in [5, 5.41) is 30.0. The van der Waals surface area contributed by atoms with Crippen LogP contribution in [0.2, 0.25) is 5.02 Å². The number of rotatable bonds is 4. The number of carbonyl (C=O) groups is 1. The molecule has 0 fully saturated rings. The number of carboxylic acids is 1. The molecule has 1 aromatic heterocycles. The third-order valence-corrected chi connectivity index (χ3v) is 5.64. The molecule has 3 aromatic rings. The zero-order chi connectivity index (χ0) is 19.9. The first-order chi connectivity index (χ1) is 13.4. The highest BCUT2D eigenvalue weighted by Crippen LogP contribution is 2.48. The fraction of sp³-hybridized carbons (Fsp3) is 0.211. The van der Waals surface area contributed by atoms with Crippen LogP contribution in [0.1, 0.15) is 23.1 Å². The van der Waals surface area contributed by atoms with E-state index in [-0.39, 0.29) is 5.95 Å². The fourth-order valence-corrected chi connectivity index (χ4v) is 4.02. The van der Waals surface area contributed by atoms with Crippen LogP contribution in [-0.2, 0) is 10.5 Å². The lowest BCUT2D eigenvalue weighted by Gasteiger charge is -2.42. The minimum Gasteiger partial charge on any atom is -0.478 e. The molecule has 0 bridgehead atoms. The topological polar surface area (TPSA) is 100 Å². The van der Waals surface area contributed by atoms with E-state index < -0.39 is 23.7 Å². The summed E-state index contributed by atoms with van der Waals surface area (Å²) < 4.78 is 1.06. The van der Waals surface area contributed by atoms with Crippen molar-refractivity contribution in [1.29, 1.82) is 0 Å². The first-order valence-corrected chi connectivity index (χ1v) is 10.1. The average molecular weight is 417 g/mol. The number of benzene rings is 2. The van der Waals surface area contributed by atoms with E-state index in [0.717, 1.165) is 10.2 Å². The molecule has 7 nitrogen and oxygen atoms in total. The molecule has 0 spiro atoms. The molecule has 0 aliphatic carbocycles. The number of carboxylic acid groups (broad SMARTS) is 1. The number of thioether (sulfide) groups is 1. The Morgan fingerprint density at radius 3 is 2.46 bits per heavy atom. The summed E-state index contributed by atoms with van der Waals surface area (Å²) in [6, 6.07) is 15.5. The molecule has 0 amide bonds. The molecule has 144 valence electrons. The van der Waals surface area contributed by atoms with Crippen LogP contribution in [0.5, 0.6) is 0 Å². The normalized spacial score (nSPS) is 23.7. The Morgan fingerprint density at radius 1 is 1.18 bits per heavy atom. The molecule has 1 aliphatic rings. The van der Waals surface area contributed by atoms with Gasteiger partial charge in [-0.05, 0) is 29.5 Å². The monoisotopic (exact) mass is 416 g/mol. The number of aliphatic carboxylic acids is 1. The minimum atomic E-state index is -2.33. The minimum absolute atomic E-state index is 0.196. The zero-order valence-electron chi connectivity index (χ0n) is 14.8. The average Bonchev–Trinajstić information content (AvgIpc) is 3.13. The molecule has 28 heavy (non-hydrogen) atoms. The van der Waals surface area contributed by atoms with Gasteiger partial charge in [0.2, 0.25) is 11.1 Å². The number of halogens is 1. The van der Waals surface area contributed by atoms with E-state index in [2.05, 4.69) is 15.4 Å². The Labute approximate surface area is 170 Å². The summed E-state index contributed by atoms with van der Waals surface area (Å²) in [6.07, 6.45) is 1.78. The smallest absolute Gasteiger partial charge is 0.360 e. The Bertz CT molecular complexity index is 1010. The maximum Gasteiger partial charge on any atom is 0.360 e. The van der Waals surface area contributed by atoms with Gasteiger partial charge in [0, 0.05) is 5.02 Å². The molecule has 9 heteroatoms. The van der Waals surface area contributed by atoms with E-state index in [1.807, 2.05) is 6.07 Å². The van der Waals surface area contributed by atoms with Gasteiger partial charge in [0.25, 0.3) is 5.72 Å². The highest BCUT2D eigenvalue weighted by molar-refractivity contribution is 7.98. The Hall–Kier alpha value is -2.55. The molecule has 2 aromatic carbocycles. The zero-order valence-corrected chi connectivity index (χ0v) is 16.4. The first-order valence-electron chi connectivity index (χ1n) is 8.49. The van der Waals surface area contributed by atoms with E-state index in [4.69, 9.17) is 11.6 Å². The molecule has 0 saturated carbocycles. The highest BCUT2D eigenvalue weighted by Gasteiger charge is 2.56. The third-order valence-electron chi connectivity index (χ3n) is 4.85. The van der Waals surface area contributed by atoms with Gasteiger partial charge in [-0.2, -0.15) is 9.67 Å². The molecule has 3 atom stereocenters. The lowest BCUT2D eigenvalue weighted by Crippen LogP contribution is -2.54. The van der Waals surface area contributed by atoms with Crippen molar-refractivity contribution in [3.05, 3.63) is 70.7 Å². The number of hydrogen-bond acceptors (Lipinski definition) is 6. The largest absolute Gasteiger partial charge is 0.478 e. The van der Waals surface area contributed by atoms with Gasteiger partial charge in [-0.3, -0.25) is 0 Å². The van der Waals surface area contributed by atoms with Gasteiger partial charge in [-0.1, -0.05) is 65.8 Å². The number of aliphatic hydroxyl groups is 1. The van der Waals surface area contributed by atoms with Crippen molar-refractivity contribution in [2.75, 3.05) is 11.6 Å². The molecular formula is C19H17ClN4O3S. The van der Waals surface area contributed by atoms with E-state index in [9.17, 15) is 15.0 Å². The lowest BCUT2D eigenvalue weighted by molar-refractivity contribution is -0.179. The number of hydrogen-bond donors (Lipinski definition) is 3. The molecule has 0 saturated heterocycles. The van der Waals surface area contributed by atoms with Crippen LogP contribution in [-0.4, -0.2) is 37.2 Å². The number of nitrogens with zero attached hydrogens (tertiary/aromatic N) is 3. The van der Waals surface area contributed by atoms with E-state index >= 15 is 0 Å². The maximum absolute atomic E-state index is 12.4. The van der Waals surface area contributed by atoms with Gasteiger partial charge in [0.05, 0.1) is 12.0 Å². The highest BCUT2D eigenvalue weighted by atomic mass is 35.5. The maximum atomic E-state index is 12.4. The van der Waals surface area contributed by atoms with Crippen molar-refractivity contribution in [1.82, 2.24) is 14.8 Å². The summed E-state index contributed by atoms with van der Waals surface area (Å²) in [7, 11) is 0. The van der Waals surface area contributed by atoms with Crippen molar-refractivity contribution in [2.24, 2.45) is 0 Å². The molecule has 0 radical (unpaired) electrons. The Morgan fingerprint density at radius 2 is 1.86 bits per heavy atom. The van der Waals surface area contributed by atoms with Crippen LogP contribution in [0.3, 0.4) is 0 Å². The Balaban J connectivity index is 1.96. The third kappa shape index (κ3) is 2.94. The summed E-state index contributed by atoms with van der Waals surface area (Å²) >= 11 is 7.29. The summed E-state index contributed by atoms with van der Waals surface area (Å²) in [6.45, 7) is 0. The molecular weight excluding hydrogens is 400 g/mol. The van der Waals surface area contributed by atoms with Gasteiger partial charge in [-0.25, -0.2) is 4.79 Å². The van der Waals surface area contributed by atoms with Gasteiger partial charge < -0.3 is 15.5 Å². The van der Waals surface area contributed by atoms with Crippen molar-refractivity contribution in [3.63, 3.8) is 0 Å². The van der Waals surface area contributed by atoms with E-state index in [1.54, 1.807) is 54.8 Å². The second-order valence-corrected chi connectivity index (χ2v) is 7.64. The van der Waals surface area contributed by atoms with Gasteiger partial charge in [-0.15, -0.1) is 5.10 Å². The van der Waals surface area contributed by atoms with Crippen LogP contribution in [0.15, 0.2) is 59.8 Å². The van der Waals surface area contributed by atoms with E-state index in [1.165, 1.54) is 11.8 Å². The van der Waals surface area contributed by atoms with Crippen molar-refractivity contribution in [2.45, 2.75) is 22.8 Å². The van der Waals surface area contributed by atoms with Crippen LogP contribution in [0.25, 0.3) is 0 Å². The molecule has 4 rings (SSSR count). The summed E-state index contributed by atoms with van der Waals surface area (Å²) in [4.78, 5) is 16.7.